The fraction of sp³-hybridized carbons (Fsp3) is 0.135. The molecule has 1 aliphatic heterocycles. The third-order valence-corrected chi connectivity index (χ3v) is 7.68. The van der Waals surface area contributed by atoms with Crippen molar-refractivity contribution in [2.24, 2.45) is 4.99 Å². The molecule has 0 saturated carbocycles. The molecule has 0 radical (unpaired) electrons. The summed E-state index contributed by atoms with van der Waals surface area (Å²) in [6.07, 6.45) is -0.445. The van der Waals surface area contributed by atoms with Crippen LogP contribution in [0.15, 0.2) is 157 Å². The first-order valence-corrected chi connectivity index (χ1v) is 14.0. The Bertz CT molecular complexity index is 1610. The predicted octanol–water partition coefficient (Wildman–Crippen LogP) is 7.89. The molecule has 0 amide bonds. The van der Waals surface area contributed by atoms with Crippen LogP contribution in [-0.4, -0.2) is 16.7 Å². The molecule has 5 aromatic rings. The smallest absolute Gasteiger partial charge is 0.341 e. The van der Waals surface area contributed by atoms with Crippen molar-refractivity contribution in [3.05, 3.63) is 179 Å². The van der Waals surface area contributed by atoms with E-state index in [9.17, 15) is 4.79 Å². The minimum atomic E-state index is -1.34. The van der Waals surface area contributed by atoms with Crippen molar-refractivity contribution in [2.75, 3.05) is 0 Å². The first-order valence-electron chi connectivity index (χ1n) is 14.0. The summed E-state index contributed by atoms with van der Waals surface area (Å²) in [5.41, 5.74) is 3.46. The van der Waals surface area contributed by atoms with Gasteiger partial charge in [0.2, 0.25) is 5.54 Å². The van der Waals surface area contributed by atoms with Crippen LogP contribution >= 0.6 is 0 Å². The molecule has 4 nitrogen and oxygen atoms in total. The largest absolute Gasteiger partial charge is 0.456 e. The molecular weight excluding hydrogens is 504 g/mol. The predicted molar refractivity (Wildman–Crippen MR) is 163 cm³/mol. The van der Waals surface area contributed by atoms with E-state index in [2.05, 4.69) is 41.3 Å². The number of carbonyl (C=O) groups is 1. The lowest BCUT2D eigenvalue weighted by molar-refractivity contribution is -0.157. The zero-order valence-electron chi connectivity index (χ0n) is 23.0. The Morgan fingerprint density at radius 3 is 1.85 bits per heavy atom. The van der Waals surface area contributed by atoms with E-state index in [1.54, 1.807) is 0 Å². The monoisotopic (exact) mass is 536 g/mol. The molecular formula is C37H32N2O2. The SMILES string of the molecule is CC(OC(=O)C1(c2ccccc2)N=C(c2ccccc2)N(Cc2ccccc2)C1c1ccccc1)c1ccccc1. The van der Waals surface area contributed by atoms with Crippen LogP contribution in [0.3, 0.4) is 0 Å². The molecule has 0 spiro atoms. The molecule has 0 bridgehead atoms. The number of ether oxygens (including phenoxy) is 1. The zero-order chi connectivity index (χ0) is 28.1. The van der Waals surface area contributed by atoms with Gasteiger partial charge in [0.1, 0.15) is 11.9 Å². The molecule has 41 heavy (non-hydrogen) atoms. The number of hydrogen-bond acceptors (Lipinski definition) is 4. The Morgan fingerprint density at radius 1 is 0.732 bits per heavy atom. The number of esters is 1. The lowest BCUT2D eigenvalue weighted by atomic mass is 9.79. The molecule has 0 fully saturated rings. The van der Waals surface area contributed by atoms with Crippen LogP contribution in [-0.2, 0) is 21.6 Å². The number of benzene rings is 5. The molecule has 0 aromatic heterocycles. The summed E-state index contributed by atoms with van der Waals surface area (Å²) in [6, 6.07) is 49.9. The van der Waals surface area contributed by atoms with Crippen LogP contribution in [0.5, 0.6) is 0 Å². The van der Waals surface area contributed by atoms with Crippen molar-refractivity contribution in [1.29, 1.82) is 0 Å². The Kier molecular flexibility index (Phi) is 7.46. The highest BCUT2D eigenvalue weighted by atomic mass is 16.5. The number of aliphatic imine (C=N–C) groups is 1. The van der Waals surface area contributed by atoms with Gasteiger partial charge in [0.05, 0.1) is 6.04 Å². The highest BCUT2D eigenvalue weighted by Crippen LogP contribution is 2.50. The third-order valence-electron chi connectivity index (χ3n) is 7.68. The van der Waals surface area contributed by atoms with Gasteiger partial charge in [-0.05, 0) is 29.2 Å². The number of amidine groups is 1. The van der Waals surface area contributed by atoms with E-state index < -0.39 is 17.7 Å². The highest BCUT2D eigenvalue weighted by molar-refractivity contribution is 6.04. The molecule has 0 N–H and O–H groups in total. The zero-order valence-corrected chi connectivity index (χ0v) is 23.0. The first-order chi connectivity index (χ1) is 20.2. The van der Waals surface area contributed by atoms with Gasteiger partial charge in [-0.2, -0.15) is 0 Å². The lowest BCUT2D eigenvalue weighted by Gasteiger charge is -2.37. The van der Waals surface area contributed by atoms with Gasteiger partial charge >= 0.3 is 5.97 Å². The molecule has 6 rings (SSSR count). The van der Waals surface area contributed by atoms with Crippen LogP contribution in [0.4, 0.5) is 0 Å². The average Bonchev–Trinajstić information content (AvgIpc) is 3.39. The lowest BCUT2D eigenvalue weighted by Crippen LogP contribution is -2.44. The van der Waals surface area contributed by atoms with Crippen molar-refractivity contribution in [3.8, 4) is 0 Å². The van der Waals surface area contributed by atoms with Crippen molar-refractivity contribution in [1.82, 2.24) is 4.90 Å². The Balaban J connectivity index is 1.57. The van der Waals surface area contributed by atoms with Gasteiger partial charge in [0.25, 0.3) is 0 Å². The summed E-state index contributed by atoms with van der Waals surface area (Å²) in [6.45, 7) is 2.49. The second-order valence-corrected chi connectivity index (χ2v) is 10.3. The maximum atomic E-state index is 14.8. The van der Waals surface area contributed by atoms with E-state index in [0.717, 1.165) is 33.7 Å². The summed E-state index contributed by atoms with van der Waals surface area (Å²) < 4.78 is 6.34. The van der Waals surface area contributed by atoms with Crippen molar-refractivity contribution < 1.29 is 9.53 Å². The van der Waals surface area contributed by atoms with Crippen LogP contribution in [0, 0.1) is 0 Å². The van der Waals surface area contributed by atoms with Crippen molar-refractivity contribution >= 4 is 11.8 Å². The molecule has 1 aliphatic rings. The third kappa shape index (κ3) is 5.17. The van der Waals surface area contributed by atoms with Crippen molar-refractivity contribution in [3.63, 3.8) is 0 Å². The quantitative estimate of drug-likeness (QED) is 0.189. The van der Waals surface area contributed by atoms with E-state index in [-0.39, 0.29) is 5.97 Å². The fourth-order valence-corrected chi connectivity index (χ4v) is 5.69. The maximum Gasteiger partial charge on any atom is 0.341 e. The number of nitrogens with zero attached hydrogens (tertiary/aromatic N) is 2. The number of hydrogen-bond donors (Lipinski definition) is 0. The van der Waals surface area contributed by atoms with Gasteiger partial charge in [-0.15, -0.1) is 0 Å². The topological polar surface area (TPSA) is 41.9 Å². The summed E-state index contributed by atoms with van der Waals surface area (Å²) in [7, 11) is 0. The normalized spacial score (nSPS) is 18.9. The van der Waals surface area contributed by atoms with E-state index >= 15 is 0 Å². The molecule has 4 heteroatoms. The van der Waals surface area contributed by atoms with Crippen LogP contribution in [0.1, 0.15) is 46.9 Å². The van der Waals surface area contributed by atoms with E-state index in [1.165, 1.54) is 0 Å². The second-order valence-electron chi connectivity index (χ2n) is 10.3. The molecule has 1 heterocycles. The van der Waals surface area contributed by atoms with Gasteiger partial charge in [0.15, 0.2) is 0 Å². The van der Waals surface area contributed by atoms with Gasteiger partial charge < -0.3 is 9.64 Å². The summed E-state index contributed by atoms with van der Waals surface area (Å²) in [5.74, 6) is 0.384. The van der Waals surface area contributed by atoms with Crippen LogP contribution in [0.25, 0.3) is 0 Å². The van der Waals surface area contributed by atoms with E-state index in [4.69, 9.17) is 9.73 Å². The first kappa shape index (κ1) is 26.3. The van der Waals surface area contributed by atoms with Crippen LogP contribution < -0.4 is 0 Å². The highest BCUT2D eigenvalue weighted by Gasteiger charge is 2.57. The Morgan fingerprint density at radius 2 is 1.24 bits per heavy atom. The van der Waals surface area contributed by atoms with E-state index in [1.807, 2.05) is 122 Å². The Hall–Kier alpha value is -4.96. The van der Waals surface area contributed by atoms with Gasteiger partial charge in [-0.3, -0.25) is 0 Å². The van der Waals surface area contributed by atoms with Crippen molar-refractivity contribution in [2.45, 2.75) is 31.2 Å². The second kappa shape index (κ2) is 11.6. The Labute approximate surface area is 241 Å². The summed E-state index contributed by atoms with van der Waals surface area (Å²) >= 11 is 0. The minimum Gasteiger partial charge on any atom is -0.456 e. The number of carbonyl (C=O) groups excluding carboxylic acids is 1. The van der Waals surface area contributed by atoms with Gasteiger partial charge in [-0.1, -0.05) is 152 Å². The molecule has 3 atom stereocenters. The molecule has 0 aliphatic carbocycles. The molecule has 5 aromatic carbocycles. The summed E-state index contributed by atoms with van der Waals surface area (Å²) in [5, 5.41) is 0. The average molecular weight is 537 g/mol. The minimum absolute atomic E-state index is 0.377. The van der Waals surface area contributed by atoms with Crippen LogP contribution in [0.2, 0.25) is 0 Å². The van der Waals surface area contributed by atoms with Gasteiger partial charge in [-0.25, -0.2) is 9.79 Å². The standard InChI is InChI=1S/C37H32N2O2/c1-28(30-19-9-3-10-20-30)41-36(40)37(33-25-15-6-16-26-33)34(31-21-11-4-12-22-31)39(27-29-17-7-2-8-18-29)35(38-37)32-23-13-5-14-24-32/h2-26,28,34H,27H2,1H3. The van der Waals surface area contributed by atoms with E-state index in [0.29, 0.717) is 6.54 Å². The van der Waals surface area contributed by atoms with Gasteiger partial charge in [0, 0.05) is 12.1 Å². The fourth-order valence-electron chi connectivity index (χ4n) is 5.69. The molecule has 0 saturated heterocycles. The molecule has 202 valence electrons. The summed E-state index contributed by atoms with van der Waals surface area (Å²) in [4.78, 5) is 22.4. The molecule has 3 unspecified atom stereocenters. The number of rotatable bonds is 8. The maximum absolute atomic E-state index is 14.8.